The highest BCUT2D eigenvalue weighted by molar-refractivity contribution is 14.0. The Morgan fingerprint density at radius 1 is 1.23 bits per heavy atom. The van der Waals surface area contributed by atoms with Crippen LogP contribution in [0.25, 0.3) is 0 Å². The Morgan fingerprint density at radius 3 is 2.47 bits per heavy atom. The number of aliphatic imine (C=N–C) groups is 1. The van der Waals surface area contributed by atoms with Crippen molar-refractivity contribution in [1.82, 2.24) is 21.1 Å². The number of hydrogen-bond acceptors (Lipinski definition) is 5. The molecule has 0 aromatic carbocycles. The van der Waals surface area contributed by atoms with E-state index in [1.165, 1.54) is 0 Å². The number of rotatable bonds is 10. The number of hydrogen-bond donors (Lipinski definition) is 3. The van der Waals surface area contributed by atoms with Gasteiger partial charge in [0.25, 0.3) is 0 Å². The summed E-state index contributed by atoms with van der Waals surface area (Å²) in [5, 5.41) is 13.6. The molecule has 1 heterocycles. The van der Waals surface area contributed by atoms with E-state index >= 15 is 0 Å². The van der Waals surface area contributed by atoms with Gasteiger partial charge in [-0.3, -0.25) is 4.99 Å². The van der Waals surface area contributed by atoms with E-state index in [1.807, 2.05) is 41.5 Å². The maximum absolute atomic E-state index is 12.0. The first-order chi connectivity index (χ1) is 13.7. The van der Waals surface area contributed by atoms with Gasteiger partial charge in [0.2, 0.25) is 0 Å². The molecule has 8 nitrogen and oxygen atoms in total. The molecule has 0 saturated carbocycles. The summed E-state index contributed by atoms with van der Waals surface area (Å²) >= 11 is 0. The van der Waals surface area contributed by atoms with Crippen LogP contribution < -0.4 is 16.0 Å². The molecule has 0 fully saturated rings. The molecule has 0 spiro atoms. The van der Waals surface area contributed by atoms with Gasteiger partial charge >= 0.3 is 6.09 Å². The zero-order valence-corrected chi connectivity index (χ0v) is 21.9. The predicted octanol–water partition coefficient (Wildman–Crippen LogP) is 4.09. The van der Waals surface area contributed by atoms with Crippen molar-refractivity contribution in [3.05, 3.63) is 17.0 Å². The van der Waals surface area contributed by atoms with Crippen LogP contribution in [-0.4, -0.2) is 48.5 Å². The van der Waals surface area contributed by atoms with Crippen molar-refractivity contribution in [3.63, 3.8) is 0 Å². The van der Waals surface area contributed by atoms with Gasteiger partial charge in [-0.05, 0) is 54.4 Å². The second-order valence-electron chi connectivity index (χ2n) is 8.18. The number of alkyl carbamates (subject to hydrolysis) is 1. The van der Waals surface area contributed by atoms with E-state index in [2.05, 4.69) is 33.0 Å². The van der Waals surface area contributed by atoms with Gasteiger partial charge in [-0.15, -0.1) is 24.0 Å². The summed E-state index contributed by atoms with van der Waals surface area (Å²) in [5.41, 5.74) is 1.52. The number of guanidine groups is 1. The van der Waals surface area contributed by atoms with Gasteiger partial charge in [-0.25, -0.2) is 4.79 Å². The Hall–Kier alpha value is -1.52. The lowest BCUT2D eigenvalue weighted by Crippen LogP contribution is -2.49. The first kappa shape index (κ1) is 28.5. The van der Waals surface area contributed by atoms with Crippen molar-refractivity contribution < 1.29 is 14.1 Å². The van der Waals surface area contributed by atoms with Crippen molar-refractivity contribution in [3.8, 4) is 0 Å². The molecule has 0 aliphatic carbocycles. The van der Waals surface area contributed by atoms with Gasteiger partial charge in [-0.1, -0.05) is 24.9 Å². The van der Waals surface area contributed by atoms with Gasteiger partial charge in [0.15, 0.2) is 5.96 Å². The smallest absolute Gasteiger partial charge is 0.407 e. The minimum atomic E-state index is -0.509. The zero-order valence-electron chi connectivity index (χ0n) is 19.6. The molecule has 30 heavy (non-hydrogen) atoms. The second kappa shape index (κ2) is 14.5. The van der Waals surface area contributed by atoms with E-state index in [9.17, 15) is 4.79 Å². The van der Waals surface area contributed by atoms with Crippen molar-refractivity contribution in [1.29, 1.82) is 0 Å². The minimum absolute atomic E-state index is 0. The third-order valence-corrected chi connectivity index (χ3v) is 4.30. The summed E-state index contributed by atoms with van der Waals surface area (Å²) in [5.74, 6) is 1.59. The maximum Gasteiger partial charge on any atom is 0.407 e. The van der Waals surface area contributed by atoms with E-state index in [1.54, 1.807) is 0 Å². The average molecular weight is 537 g/mol. The zero-order chi connectivity index (χ0) is 21.9. The SMILES string of the molecule is CCCCC(CNC(=O)OC(C)(C)C)NC(=NCCc1c(C)noc1C)NCC.I. The number of unbranched alkanes of at least 4 members (excludes halogenated alkanes) is 1. The quantitative estimate of drug-likeness (QED) is 0.236. The van der Waals surface area contributed by atoms with Crippen LogP contribution in [-0.2, 0) is 11.2 Å². The number of aryl methyl sites for hydroxylation is 2. The largest absolute Gasteiger partial charge is 0.444 e. The number of carbonyl (C=O) groups excluding carboxylic acids is 1. The molecule has 0 aliphatic heterocycles. The molecule has 0 saturated heterocycles. The molecule has 1 unspecified atom stereocenters. The standard InChI is InChI=1S/C21H39N5O3.HI/c1-8-10-11-17(14-24-20(27)28-21(5,6)7)25-19(22-9-2)23-13-12-18-15(3)26-29-16(18)4;/h17H,8-14H2,1-7H3,(H,24,27)(H2,22,23,25);1H. The van der Waals surface area contributed by atoms with Gasteiger partial charge in [-0.2, -0.15) is 0 Å². The highest BCUT2D eigenvalue weighted by Crippen LogP contribution is 2.12. The minimum Gasteiger partial charge on any atom is -0.444 e. The molecule has 1 amide bonds. The maximum atomic E-state index is 12.0. The molecule has 0 aliphatic rings. The average Bonchev–Trinajstić information content (AvgIpc) is 2.94. The Morgan fingerprint density at radius 2 is 1.93 bits per heavy atom. The lowest BCUT2D eigenvalue weighted by atomic mass is 10.1. The molecule has 1 atom stereocenters. The number of carbonyl (C=O) groups is 1. The Kier molecular flexibility index (Phi) is 13.7. The predicted molar refractivity (Wildman–Crippen MR) is 132 cm³/mol. The third kappa shape index (κ3) is 11.6. The van der Waals surface area contributed by atoms with E-state index in [0.29, 0.717) is 13.1 Å². The number of nitrogens with one attached hydrogen (secondary N) is 3. The summed E-state index contributed by atoms with van der Waals surface area (Å²) in [7, 11) is 0. The van der Waals surface area contributed by atoms with Crippen LogP contribution in [0.2, 0.25) is 0 Å². The van der Waals surface area contributed by atoms with Crippen LogP contribution >= 0.6 is 24.0 Å². The van der Waals surface area contributed by atoms with Crippen molar-refractivity contribution in [2.75, 3.05) is 19.6 Å². The van der Waals surface area contributed by atoms with Crippen LogP contribution in [0.5, 0.6) is 0 Å². The Balaban J connectivity index is 0.00000841. The number of aromatic nitrogens is 1. The molecular weight excluding hydrogens is 497 g/mol. The molecule has 1 aromatic rings. The van der Waals surface area contributed by atoms with Gasteiger partial charge in [0.05, 0.1) is 5.69 Å². The fraction of sp³-hybridized carbons (Fsp3) is 0.762. The molecular formula is C21H40IN5O3. The van der Waals surface area contributed by atoms with Crippen LogP contribution in [0.3, 0.4) is 0 Å². The first-order valence-corrected chi connectivity index (χ1v) is 10.6. The van der Waals surface area contributed by atoms with Crippen molar-refractivity contribution in [2.45, 2.75) is 85.8 Å². The lowest BCUT2D eigenvalue weighted by molar-refractivity contribution is 0.0522. The summed E-state index contributed by atoms with van der Waals surface area (Å²) in [4.78, 5) is 16.7. The molecule has 0 radical (unpaired) electrons. The van der Waals surface area contributed by atoms with Crippen LogP contribution in [0.15, 0.2) is 9.52 Å². The lowest BCUT2D eigenvalue weighted by Gasteiger charge is -2.24. The Labute approximate surface area is 198 Å². The second-order valence-corrected chi connectivity index (χ2v) is 8.18. The number of halogens is 1. The fourth-order valence-electron chi connectivity index (χ4n) is 2.85. The molecule has 0 bridgehead atoms. The van der Waals surface area contributed by atoms with E-state index in [0.717, 1.165) is 55.2 Å². The molecule has 9 heteroatoms. The fourth-order valence-corrected chi connectivity index (χ4v) is 2.85. The highest BCUT2D eigenvalue weighted by atomic mass is 127. The summed E-state index contributed by atoms with van der Waals surface area (Å²) < 4.78 is 10.6. The van der Waals surface area contributed by atoms with Gasteiger partial charge in [0.1, 0.15) is 11.4 Å². The van der Waals surface area contributed by atoms with Gasteiger partial charge in [0, 0.05) is 31.2 Å². The number of ether oxygens (including phenoxy) is 1. The summed E-state index contributed by atoms with van der Waals surface area (Å²) in [6.45, 7) is 15.5. The van der Waals surface area contributed by atoms with E-state index in [4.69, 9.17) is 9.26 Å². The summed E-state index contributed by atoms with van der Waals surface area (Å²) in [6.07, 6.45) is 3.45. The summed E-state index contributed by atoms with van der Waals surface area (Å²) in [6, 6.07) is 0.0688. The van der Waals surface area contributed by atoms with Crippen molar-refractivity contribution in [2.24, 2.45) is 4.99 Å². The van der Waals surface area contributed by atoms with E-state index < -0.39 is 11.7 Å². The van der Waals surface area contributed by atoms with Crippen LogP contribution in [0.1, 0.15) is 70.9 Å². The highest BCUT2D eigenvalue weighted by Gasteiger charge is 2.18. The van der Waals surface area contributed by atoms with Crippen LogP contribution in [0.4, 0.5) is 4.79 Å². The monoisotopic (exact) mass is 537 g/mol. The third-order valence-electron chi connectivity index (χ3n) is 4.30. The topological polar surface area (TPSA) is 101 Å². The van der Waals surface area contributed by atoms with Crippen molar-refractivity contribution >= 4 is 36.0 Å². The Bertz CT molecular complexity index is 636. The van der Waals surface area contributed by atoms with Crippen LogP contribution in [0, 0.1) is 13.8 Å². The first-order valence-electron chi connectivity index (χ1n) is 10.6. The number of nitrogens with zero attached hydrogens (tertiary/aromatic N) is 2. The molecule has 1 aromatic heterocycles. The van der Waals surface area contributed by atoms with Gasteiger partial charge < -0.3 is 25.2 Å². The normalized spacial score (nSPS) is 12.7. The molecule has 174 valence electrons. The molecule has 3 N–H and O–H groups in total. The van der Waals surface area contributed by atoms with E-state index in [-0.39, 0.29) is 30.0 Å². The molecule has 1 rings (SSSR count). The number of amides is 1.